The molecule has 1 aromatic carbocycles. The predicted molar refractivity (Wildman–Crippen MR) is 103 cm³/mol. The molecule has 0 amide bonds. The highest BCUT2D eigenvalue weighted by Crippen LogP contribution is 2.29. The van der Waals surface area contributed by atoms with Crippen LogP contribution in [0.5, 0.6) is 0 Å². The van der Waals surface area contributed by atoms with E-state index >= 15 is 0 Å². The molecule has 2 N–H and O–H groups in total. The molecular formula is C19H19F3N4OS. The van der Waals surface area contributed by atoms with E-state index in [9.17, 15) is 13.2 Å². The van der Waals surface area contributed by atoms with Gasteiger partial charge in [-0.25, -0.2) is 9.98 Å². The van der Waals surface area contributed by atoms with Gasteiger partial charge in [0.25, 0.3) is 0 Å². The van der Waals surface area contributed by atoms with E-state index in [1.54, 1.807) is 17.6 Å². The fourth-order valence-electron chi connectivity index (χ4n) is 2.39. The van der Waals surface area contributed by atoms with Crippen LogP contribution in [-0.4, -0.2) is 17.5 Å². The van der Waals surface area contributed by atoms with Gasteiger partial charge in [-0.3, -0.25) is 0 Å². The number of hydrogen-bond acceptors (Lipinski definition) is 4. The Morgan fingerprint density at radius 3 is 2.61 bits per heavy atom. The molecule has 0 saturated heterocycles. The summed E-state index contributed by atoms with van der Waals surface area (Å²) >= 11 is 1.55. The zero-order valence-corrected chi connectivity index (χ0v) is 15.9. The predicted octanol–water partition coefficient (Wildman–Crippen LogP) is 4.68. The van der Waals surface area contributed by atoms with E-state index in [0.717, 1.165) is 22.7 Å². The standard InChI is InChI=1S/C19H19F3N4OS/c1-2-23-18(24-10-13-5-7-14(8-6-13)19(20,21)22)25-11-15-12-27-17(26-15)16-4-3-9-28-16/h3-9,12H,2,10-11H2,1H3,(H2,23,24,25). The molecule has 28 heavy (non-hydrogen) atoms. The van der Waals surface area contributed by atoms with E-state index in [4.69, 9.17) is 4.42 Å². The molecule has 0 fully saturated rings. The number of alkyl halides is 3. The van der Waals surface area contributed by atoms with Crippen molar-refractivity contribution < 1.29 is 17.6 Å². The monoisotopic (exact) mass is 408 g/mol. The molecule has 0 radical (unpaired) electrons. The van der Waals surface area contributed by atoms with Crippen molar-refractivity contribution in [2.24, 2.45) is 4.99 Å². The number of thiophene rings is 1. The van der Waals surface area contributed by atoms with Gasteiger partial charge in [-0.1, -0.05) is 18.2 Å². The maximum Gasteiger partial charge on any atom is 0.416 e. The van der Waals surface area contributed by atoms with E-state index < -0.39 is 11.7 Å². The van der Waals surface area contributed by atoms with Crippen LogP contribution in [0.2, 0.25) is 0 Å². The number of benzene rings is 1. The first kappa shape index (κ1) is 19.9. The van der Waals surface area contributed by atoms with Gasteiger partial charge in [-0.2, -0.15) is 13.2 Å². The van der Waals surface area contributed by atoms with Crippen LogP contribution in [-0.2, 0) is 19.3 Å². The second kappa shape index (κ2) is 8.92. The molecule has 9 heteroatoms. The van der Waals surface area contributed by atoms with Crippen LogP contribution < -0.4 is 10.6 Å². The lowest BCUT2D eigenvalue weighted by Gasteiger charge is -2.10. The highest BCUT2D eigenvalue weighted by Gasteiger charge is 2.29. The molecular weight excluding hydrogens is 389 g/mol. The summed E-state index contributed by atoms with van der Waals surface area (Å²) < 4.78 is 43.4. The van der Waals surface area contributed by atoms with E-state index in [0.29, 0.717) is 30.5 Å². The SMILES string of the molecule is CCNC(=NCc1ccc(C(F)(F)F)cc1)NCc1coc(-c2cccs2)n1. The number of rotatable bonds is 6. The highest BCUT2D eigenvalue weighted by atomic mass is 32.1. The number of guanidine groups is 1. The topological polar surface area (TPSA) is 62.5 Å². The van der Waals surface area contributed by atoms with E-state index in [1.165, 1.54) is 12.1 Å². The van der Waals surface area contributed by atoms with Crippen molar-refractivity contribution in [3.8, 4) is 10.8 Å². The minimum absolute atomic E-state index is 0.257. The maximum absolute atomic E-state index is 12.6. The van der Waals surface area contributed by atoms with Crippen LogP contribution >= 0.6 is 11.3 Å². The summed E-state index contributed by atoms with van der Waals surface area (Å²) in [6.45, 7) is 3.25. The van der Waals surface area contributed by atoms with Crippen molar-refractivity contribution in [2.45, 2.75) is 26.2 Å². The molecule has 0 bridgehead atoms. The summed E-state index contributed by atoms with van der Waals surface area (Å²) in [5, 5.41) is 8.19. The maximum atomic E-state index is 12.6. The van der Waals surface area contributed by atoms with E-state index in [-0.39, 0.29) is 6.54 Å². The molecule has 5 nitrogen and oxygen atoms in total. The third-order valence-corrected chi connectivity index (χ3v) is 4.62. The van der Waals surface area contributed by atoms with Crippen molar-refractivity contribution in [2.75, 3.05) is 6.54 Å². The summed E-state index contributed by atoms with van der Waals surface area (Å²) in [5.74, 6) is 1.11. The average Bonchev–Trinajstić information content (AvgIpc) is 3.35. The van der Waals surface area contributed by atoms with Crippen molar-refractivity contribution in [1.29, 1.82) is 0 Å². The second-order valence-corrected chi connectivity index (χ2v) is 6.81. The van der Waals surface area contributed by atoms with Gasteiger partial charge in [0.05, 0.1) is 29.2 Å². The zero-order valence-electron chi connectivity index (χ0n) is 15.1. The molecule has 0 spiro atoms. The van der Waals surface area contributed by atoms with E-state index in [2.05, 4.69) is 20.6 Å². The third-order valence-electron chi connectivity index (χ3n) is 3.77. The lowest BCUT2D eigenvalue weighted by atomic mass is 10.1. The Morgan fingerprint density at radius 2 is 1.96 bits per heavy atom. The summed E-state index contributed by atoms with van der Waals surface area (Å²) in [6, 6.07) is 8.85. The number of aromatic nitrogens is 1. The van der Waals surface area contributed by atoms with Crippen molar-refractivity contribution in [3.05, 3.63) is 64.9 Å². The van der Waals surface area contributed by atoms with Crippen LogP contribution in [0.15, 0.2) is 57.5 Å². The highest BCUT2D eigenvalue weighted by molar-refractivity contribution is 7.13. The van der Waals surface area contributed by atoms with Gasteiger partial charge in [0.1, 0.15) is 6.26 Å². The van der Waals surface area contributed by atoms with Gasteiger partial charge in [0, 0.05) is 6.54 Å². The summed E-state index contributed by atoms with van der Waals surface area (Å²) in [6.07, 6.45) is -2.75. The molecule has 3 rings (SSSR count). The minimum Gasteiger partial charge on any atom is -0.443 e. The molecule has 0 aliphatic rings. The van der Waals surface area contributed by atoms with Crippen LogP contribution in [0.25, 0.3) is 10.8 Å². The van der Waals surface area contributed by atoms with Crippen molar-refractivity contribution in [1.82, 2.24) is 15.6 Å². The summed E-state index contributed by atoms with van der Waals surface area (Å²) in [7, 11) is 0. The summed E-state index contributed by atoms with van der Waals surface area (Å²) in [4.78, 5) is 9.78. The molecule has 0 unspecified atom stereocenters. The molecule has 0 saturated carbocycles. The smallest absolute Gasteiger partial charge is 0.416 e. The van der Waals surface area contributed by atoms with Crippen LogP contribution in [0, 0.1) is 0 Å². The Balaban J connectivity index is 1.60. The summed E-state index contributed by atoms with van der Waals surface area (Å²) in [5.41, 5.74) is 0.744. The van der Waals surface area contributed by atoms with Gasteiger partial charge in [-0.15, -0.1) is 11.3 Å². The number of oxazole rings is 1. The first-order chi connectivity index (χ1) is 13.5. The number of nitrogens with one attached hydrogen (secondary N) is 2. The van der Waals surface area contributed by atoms with Gasteiger partial charge in [-0.05, 0) is 36.1 Å². The van der Waals surface area contributed by atoms with Crippen LogP contribution in [0.3, 0.4) is 0 Å². The van der Waals surface area contributed by atoms with Gasteiger partial charge in [0.15, 0.2) is 5.96 Å². The average molecular weight is 408 g/mol. The Morgan fingerprint density at radius 1 is 1.18 bits per heavy atom. The van der Waals surface area contributed by atoms with Crippen molar-refractivity contribution >= 4 is 17.3 Å². The zero-order chi connectivity index (χ0) is 20.0. The Hall–Kier alpha value is -2.81. The fraction of sp³-hybridized carbons (Fsp3) is 0.263. The molecule has 0 aliphatic heterocycles. The number of nitrogens with zero attached hydrogens (tertiary/aromatic N) is 2. The Bertz CT molecular complexity index is 902. The molecule has 3 aromatic rings. The molecule has 0 aliphatic carbocycles. The first-order valence-electron chi connectivity index (χ1n) is 8.62. The lowest BCUT2D eigenvalue weighted by Crippen LogP contribution is -2.36. The van der Waals surface area contributed by atoms with Crippen LogP contribution in [0.1, 0.15) is 23.7 Å². The molecule has 0 atom stereocenters. The first-order valence-corrected chi connectivity index (χ1v) is 9.50. The molecule has 148 valence electrons. The number of halogens is 3. The largest absolute Gasteiger partial charge is 0.443 e. The Kier molecular flexibility index (Phi) is 6.35. The molecule has 2 aromatic heterocycles. The third kappa shape index (κ3) is 5.35. The van der Waals surface area contributed by atoms with Gasteiger partial charge in [0.2, 0.25) is 5.89 Å². The van der Waals surface area contributed by atoms with E-state index in [1.807, 2.05) is 24.4 Å². The number of hydrogen-bond donors (Lipinski definition) is 2. The quantitative estimate of drug-likeness (QED) is 0.459. The fourth-order valence-corrected chi connectivity index (χ4v) is 3.04. The van der Waals surface area contributed by atoms with Crippen molar-refractivity contribution in [3.63, 3.8) is 0 Å². The van der Waals surface area contributed by atoms with Gasteiger partial charge >= 0.3 is 6.18 Å². The number of aliphatic imine (C=N–C) groups is 1. The minimum atomic E-state index is -4.34. The second-order valence-electron chi connectivity index (χ2n) is 5.86. The van der Waals surface area contributed by atoms with Crippen LogP contribution in [0.4, 0.5) is 13.2 Å². The molecule has 2 heterocycles. The lowest BCUT2D eigenvalue weighted by molar-refractivity contribution is -0.137. The van der Waals surface area contributed by atoms with Gasteiger partial charge < -0.3 is 15.1 Å². The normalized spacial score (nSPS) is 12.2. The Labute approximate surface area is 164 Å².